The second kappa shape index (κ2) is 8.12. The molecule has 1 atom stereocenters. The minimum Gasteiger partial charge on any atom is -0.346 e. The first kappa shape index (κ1) is 15.9. The Hall–Kier alpha value is -1.14. The Bertz CT molecular complexity index is 309. The summed E-state index contributed by atoms with van der Waals surface area (Å²) in [6.07, 6.45) is 4.75. The fourth-order valence-electron chi connectivity index (χ4n) is 2.36. The molecule has 0 bridgehead atoms. The second-order valence-electron chi connectivity index (χ2n) is 5.22. The van der Waals surface area contributed by atoms with Gasteiger partial charge in [-0.3, -0.25) is 9.59 Å². The van der Waals surface area contributed by atoms with E-state index in [-0.39, 0.29) is 24.9 Å². The summed E-state index contributed by atoms with van der Waals surface area (Å²) < 4.78 is 0. The van der Waals surface area contributed by atoms with Crippen molar-refractivity contribution in [2.24, 2.45) is 5.73 Å². The summed E-state index contributed by atoms with van der Waals surface area (Å²) in [7, 11) is 3.92. The number of amides is 2. The van der Waals surface area contributed by atoms with Crippen LogP contribution in [-0.4, -0.2) is 67.9 Å². The van der Waals surface area contributed by atoms with Crippen molar-refractivity contribution < 1.29 is 9.59 Å². The summed E-state index contributed by atoms with van der Waals surface area (Å²) in [5, 5.41) is 2.49. The number of hydrogen-bond acceptors (Lipinski definition) is 4. The highest BCUT2D eigenvalue weighted by atomic mass is 16.2. The number of likely N-dealkylation sites (N-methyl/N-ethyl adjacent to an activating group) is 1. The maximum absolute atomic E-state index is 11.8. The fourth-order valence-corrected chi connectivity index (χ4v) is 2.36. The maximum atomic E-state index is 11.8. The third kappa shape index (κ3) is 5.57. The van der Waals surface area contributed by atoms with Gasteiger partial charge in [-0.15, -0.1) is 0 Å². The number of hydrogen-bond donors (Lipinski definition) is 2. The van der Waals surface area contributed by atoms with Gasteiger partial charge in [0.1, 0.15) is 0 Å². The lowest BCUT2D eigenvalue weighted by Gasteiger charge is -2.33. The van der Waals surface area contributed by atoms with Crippen LogP contribution in [0.4, 0.5) is 0 Å². The molecule has 1 aliphatic rings. The quantitative estimate of drug-likeness (QED) is 0.675. The molecular formula is C13H26N4O2. The summed E-state index contributed by atoms with van der Waals surface area (Å²) in [6, 6.07) is 0.572. The van der Waals surface area contributed by atoms with E-state index < -0.39 is 0 Å². The van der Waals surface area contributed by atoms with Gasteiger partial charge in [-0.1, -0.05) is 6.42 Å². The average molecular weight is 270 g/mol. The van der Waals surface area contributed by atoms with E-state index in [2.05, 4.69) is 17.3 Å². The number of rotatable bonds is 6. The monoisotopic (exact) mass is 270 g/mol. The van der Waals surface area contributed by atoms with E-state index in [1.807, 2.05) is 0 Å². The molecule has 1 saturated heterocycles. The van der Waals surface area contributed by atoms with Crippen LogP contribution in [0.5, 0.6) is 0 Å². The van der Waals surface area contributed by atoms with Crippen molar-refractivity contribution in [1.82, 2.24) is 15.1 Å². The summed E-state index contributed by atoms with van der Waals surface area (Å²) in [4.78, 5) is 26.8. The molecule has 6 heteroatoms. The lowest BCUT2D eigenvalue weighted by atomic mass is 10.00. The van der Waals surface area contributed by atoms with Crippen molar-refractivity contribution >= 4 is 11.8 Å². The molecule has 0 spiro atoms. The van der Waals surface area contributed by atoms with Crippen LogP contribution in [0.15, 0.2) is 0 Å². The van der Waals surface area contributed by atoms with Crippen molar-refractivity contribution in [3.63, 3.8) is 0 Å². The number of piperidine rings is 1. The first-order valence-electron chi connectivity index (χ1n) is 6.95. The molecule has 0 radical (unpaired) electrons. The molecule has 1 rings (SSSR count). The third-order valence-electron chi connectivity index (χ3n) is 3.77. The van der Waals surface area contributed by atoms with Crippen LogP contribution in [0.25, 0.3) is 0 Å². The third-order valence-corrected chi connectivity index (χ3v) is 3.77. The van der Waals surface area contributed by atoms with Gasteiger partial charge in [0.05, 0.1) is 13.1 Å². The molecule has 1 fully saturated rings. The van der Waals surface area contributed by atoms with Gasteiger partial charge in [0.15, 0.2) is 0 Å². The van der Waals surface area contributed by atoms with Crippen LogP contribution in [0, 0.1) is 0 Å². The predicted molar refractivity (Wildman–Crippen MR) is 74.6 cm³/mol. The Balaban J connectivity index is 2.23. The average Bonchev–Trinajstić information content (AvgIpc) is 2.43. The Labute approximate surface area is 115 Å². The standard InChI is InChI=1S/C13H26N4O2/c1-16-7-4-3-5-11(16)6-8-17(2)13(19)10-15-12(18)9-14/h11H,3-10,14H2,1-2H3,(H,15,18). The summed E-state index contributed by atoms with van der Waals surface area (Å²) in [6.45, 7) is 1.83. The van der Waals surface area contributed by atoms with Crippen molar-refractivity contribution in [1.29, 1.82) is 0 Å². The van der Waals surface area contributed by atoms with E-state index in [4.69, 9.17) is 5.73 Å². The molecule has 0 aliphatic carbocycles. The lowest BCUT2D eigenvalue weighted by molar-refractivity contribution is -0.131. The summed E-state index contributed by atoms with van der Waals surface area (Å²) in [5.41, 5.74) is 5.16. The minimum absolute atomic E-state index is 0.0348. The highest BCUT2D eigenvalue weighted by Gasteiger charge is 2.20. The molecule has 0 aromatic heterocycles. The number of nitrogens with zero attached hydrogens (tertiary/aromatic N) is 2. The summed E-state index contributed by atoms with van der Waals surface area (Å²) >= 11 is 0. The van der Waals surface area contributed by atoms with Gasteiger partial charge in [0, 0.05) is 19.6 Å². The smallest absolute Gasteiger partial charge is 0.241 e. The van der Waals surface area contributed by atoms with Gasteiger partial charge >= 0.3 is 0 Å². The lowest BCUT2D eigenvalue weighted by Crippen LogP contribution is -2.43. The van der Waals surface area contributed by atoms with E-state index >= 15 is 0 Å². The molecular weight excluding hydrogens is 244 g/mol. The zero-order valence-electron chi connectivity index (χ0n) is 12.0. The van der Waals surface area contributed by atoms with Crippen molar-refractivity contribution in [2.75, 3.05) is 40.3 Å². The first-order chi connectivity index (χ1) is 9.04. The Morgan fingerprint density at radius 2 is 2.16 bits per heavy atom. The fraction of sp³-hybridized carbons (Fsp3) is 0.846. The van der Waals surface area contributed by atoms with Gasteiger partial charge in [0.2, 0.25) is 11.8 Å². The number of nitrogens with one attached hydrogen (secondary N) is 1. The molecule has 19 heavy (non-hydrogen) atoms. The van der Waals surface area contributed by atoms with E-state index in [1.54, 1.807) is 11.9 Å². The molecule has 1 unspecified atom stereocenters. The van der Waals surface area contributed by atoms with Crippen molar-refractivity contribution in [2.45, 2.75) is 31.7 Å². The number of nitrogens with two attached hydrogens (primary N) is 1. The van der Waals surface area contributed by atoms with Gasteiger partial charge in [0.25, 0.3) is 0 Å². The Morgan fingerprint density at radius 1 is 1.42 bits per heavy atom. The van der Waals surface area contributed by atoms with Gasteiger partial charge in [-0.2, -0.15) is 0 Å². The van der Waals surface area contributed by atoms with E-state index in [0.717, 1.165) is 19.5 Å². The largest absolute Gasteiger partial charge is 0.346 e. The Kier molecular flexibility index (Phi) is 6.80. The van der Waals surface area contributed by atoms with E-state index in [9.17, 15) is 9.59 Å². The van der Waals surface area contributed by atoms with Crippen LogP contribution in [0.2, 0.25) is 0 Å². The molecule has 110 valence electrons. The number of carbonyl (C=O) groups excluding carboxylic acids is 2. The predicted octanol–water partition coefficient (Wildman–Crippen LogP) is -0.606. The number of likely N-dealkylation sites (tertiary alicyclic amines) is 1. The first-order valence-corrected chi connectivity index (χ1v) is 6.95. The van der Waals surface area contributed by atoms with Crippen LogP contribution in [0.3, 0.4) is 0 Å². The molecule has 0 aromatic carbocycles. The van der Waals surface area contributed by atoms with Crippen LogP contribution < -0.4 is 11.1 Å². The van der Waals surface area contributed by atoms with Crippen LogP contribution >= 0.6 is 0 Å². The van der Waals surface area contributed by atoms with E-state index in [1.165, 1.54) is 19.3 Å². The van der Waals surface area contributed by atoms with E-state index in [0.29, 0.717) is 6.04 Å². The number of carbonyl (C=O) groups is 2. The maximum Gasteiger partial charge on any atom is 0.241 e. The van der Waals surface area contributed by atoms with Gasteiger partial charge < -0.3 is 20.9 Å². The van der Waals surface area contributed by atoms with Crippen LogP contribution in [0.1, 0.15) is 25.7 Å². The molecule has 0 aromatic rings. The highest BCUT2D eigenvalue weighted by molar-refractivity contribution is 5.85. The van der Waals surface area contributed by atoms with Crippen molar-refractivity contribution in [3.05, 3.63) is 0 Å². The van der Waals surface area contributed by atoms with Gasteiger partial charge in [-0.25, -0.2) is 0 Å². The highest BCUT2D eigenvalue weighted by Crippen LogP contribution is 2.17. The normalized spacial score (nSPS) is 20.1. The summed E-state index contributed by atoms with van der Waals surface area (Å²) in [5.74, 6) is -0.367. The molecule has 6 nitrogen and oxygen atoms in total. The second-order valence-corrected chi connectivity index (χ2v) is 5.22. The minimum atomic E-state index is -0.297. The zero-order valence-corrected chi connectivity index (χ0v) is 12.0. The molecule has 3 N–H and O–H groups in total. The van der Waals surface area contributed by atoms with Crippen molar-refractivity contribution in [3.8, 4) is 0 Å². The topological polar surface area (TPSA) is 78.7 Å². The van der Waals surface area contributed by atoms with Crippen LogP contribution in [-0.2, 0) is 9.59 Å². The molecule has 0 saturated carbocycles. The molecule has 2 amide bonds. The Morgan fingerprint density at radius 3 is 2.79 bits per heavy atom. The molecule has 1 heterocycles. The van der Waals surface area contributed by atoms with Gasteiger partial charge in [-0.05, 0) is 32.9 Å². The molecule has 1 aliphatic heterocycles. The SMILES string of the molecule is CN(CCC1CCCCN1C)C(=O)CNC(=O)CN. The zero-order chi connectivity index (χ0) is 14.3.